The summed E-state index contributed by atoms with van der Waals surface area (Å²) in [6.45, 7) is 7.89. The van der Waals surface area contributed by atoms with Gasteiger partial charge in [0.15, 0.2) is 0 Å². The normalized spacial score (nSPS) is 18.0. The molecule has 0 saturated carbocycles. The molecule has 2 N–H and O–H groups in total. The Hall–Kier alpha value is -3.19. The summed E-state index contributed by atoms with van der Waals surface area (Å²) in [6, 6.07) is 7.05. The lowest BCUT2D eigenvalue weighted by atomic mass is 9.98. The van der Waals surface area contributed by atoms with E-state index >= 15 is 0 Å². The van der Waals surface area contributed by atoms with Gasteiger partial charge in [0, 0.05) is 55.0 Å². The highest BCUT2D eigenvalue weighted by Gasteiger charge is 2.39. The number of hydrogen-bond acceptors (Lipinski definition) is 8. The molecule has 3 unspecified atom stereocenters. The minimum atomic E-state index is -2.15. The van der Waals surface area contributed by atoms with Crippen molar-refractivity contribution in [3.63, 3.8) is 0 Å². The zero-order valence-electron chi connectivity index (χ0n) is 24.2. The second-order valence-corrected chi connectivity index (χ2v) is 12.4. The Bertz CT molecular complexity index is 1440. The van der Waals surface area contributed by atoms with Gasteiger partial charge in [0.25, 0.3) is 0 Å². The second kappa shape index (κ2) is 12.4. The number of nitrogens with one attached hydrogen (secondary N) is 1. The Morgan fingerprint density at radius 1 is 1.24 bits per heavy atom. The van der Waals surface area contributed by atoms with E-state index in [9.17, 15) is 13.6 Å². The number of carbonyl (C=O) groups is 1. The van der Waals surface area contributed by atoms with Gasteiger partial charge in [-0.1, -0.05) is 17.7 Å². The number of likely N-dealkylation sites (N-methyl/N-ethyl adjacent to an activating group) is 1. The van der Waals surface area contributed by atoms with Gasteiger partial charge in [0.05, 0.1) is 30.8 Å². The number of halogens is 1. The van der Waals surface area contributed by atoms with Crippen LogP contribution in [0.4, 0.5) is 10.7 Å². The smallest absolute Gasteiger partial charge is 0.410 e. The molecule has 3 aromatic rings. The van der Waals surface area contributed by atoms with Gasteiger partial charge in [-0.15, -0.1) is 0 Å². The number of methoxy groups -OCH3 is 2. The van der Waals surface area contributed by atoms with Crippen LogP contribution >= 0.6 is 11.6 Å². The van der Waals surface area contributed by atoms with Gasteiger partial charge in [0.1, 0.15) is 17.1 Å². The number of fused-ring (bicyclic) bond motifs is 1. The molecule has 3 atom stereocenters. The van der Waals surface area contributed by atoms with Crippen LogP contribution < -0.4 is 14.8 Å². The van der Waals surface area contributed by atoms with Gasteiger partial charge in [-0.3, -0.25) is 4.55 Å². The molecular formula is C28H36ClN5O6S. The Morgan fingerprint density at radius 3 is 2.59 bits per heavy atom. The minimum absolute atomic E-state index is 0.185. The molecular weight excluding hydrogens is 570 g/mol. The van der Waals surface area contributed by atoms with Crippen LogP contribution in [0.15, 0.2) is 30.5 Å². The van der Waals surface area contributed by atoms with E-state index in [0.717, 1.165) is 27.6 Å². The summed E-state index contributed by atoms with van der Waals surface area (Å²) >= 11 is 4.53. The number of amides is 1. The number of nitrogens with zero attached hydrogens (tertiary/aromatic N) is 4. The Balaban J connectivity index is 1.57. The van der Waals surface area contributed by atoms with Crippen molar-refractivity contribution in [2.24, 2.45) is 0 Å². The summed E-state index contributed by atoms with van der Waals surface area (Å²) in [5.41, 5.74) is 2.62. The third kappa shape index (κ3) is 7.00. The van der Waals surface area contributed by atoms with Gasteiger partial charge < -0.3 is 24.4 Å². The first-order valence-corrected chi connectivity index (χ1v) is 14.5. The third-order valence-electron chi connectivity index (χ3n) is 6.86. The number of anilines is 1. The Labute approximate surface area is 247 Å². The molecule has 0 spiro atoms. The van der Waals surface area contributed by atoms with Crippen molar-refractivity contribution in [1.82, 2.24) is 19.2 Å². The van der Waals surface area contributed by atoms with Crippen LogP contribution in [0.3, 0.4) is 0 Å². The summed E-state index contributed by atoms with van der Waals surface area (Å²) in [7, 11) is 4.70. The maximum absolute atomic E-state index is 12.9. The average Bonchev–Trinajstić information content (AvgIpc) is 3.30. The average molecular weight is 606 g/mol. The quantitative estimate of drug-likeness (QED) is 0.336. The van der Waals surface area contributed by atoms with Crippen LogP contribution in [0.25, 0.3) is 22.0 Å². The lowest BCUT2D eigenvalue weighted by Crippen LogP contribution is -2.44. The van der Waals surface area contributed by atoms with Crippen molar-refractivity contribution in [3.8, 4) is 22.6 Å². The molecule has 1 fully saturated rings. The minimum Gasteiger partial charge on any atom is -0.496 e. The number of benzene rings is 2. The molecule has 222 valence electrons. The standard InChI is InChI=1S/C28H36ClN5O6S/c1-16-22(38-6)12-23(39-7)25(29)24(16)17-8-9-21-18(10-17)13-30-26(32-21)31-19-11-20(15-33(5)41(36)37)34(14-19)27(35)40-28(2,3)4/h8-10,12-13,19-20H,11,14-15H2,1-7H3,(H,36,37)(H,30,31,32). The molecule has 1 aromatic heterocycles. The Kier molecular flexibility index (Phi) is 9.27. The fourth-order valence-corrected chi connectivity index (χ4v) is 5.63. The molecule has 0 radical (unpaired) electrons. The number of ether oxygens (including phenoxy) is 3. The van der Waals surface area contributed by atoms with Crippen LogP contribution in [0.1, 0.15) is 32.8 Å². The molecule has 4 rings (SSSR count). The molecule has 0 bridgehead atoms. The lowest BCUT2D eigenvalue weighted by molar-refractivity contribution is 0.0215. The van der Waals surface area contributed by atoms with Gasteiger partial charge >= 0.3 is 6.09 Å². The zero-order valence-corrected chi connectivity index (χ0v) is 25.8. The van der Waals surface area contributed by atoms with E-state index < -0.39 is 23.0 Å². The van der Waals surface area contributed by atoms with E-state index in [0.29, 0.717) is 35.4 Å². The van der Waals surface area contributed by atoms with Crippen molar-refractivity contribution in [3.05, 3.63) is 41.0 Å². The molecule has 2 aromatic carbocycles. The number of carbonyl (C=O) groups excluding carboxylic acids is 1. The van der Waals surface area contributed by atoms with Gasteiger partial charge in [-0.2, -0.15) is 0 Å². The van der Waals surface area contributed by atoms with Gasteiger partial charge in [0.2, 0.25) is 17.2 Å². The monoisotopic (exact) mass is 605 g/mol. The van der Waals surface area contributed by atoms with Crippen LogP contribution in [-0.4, -0.2) is 86.1 Å². The van der Waals surface area contributed by atoms with Crippen molar-refractivity contribution in [2.75, 3.05) is 39.7 Å². The zero-order chi connectivity index (χ0) is 30.1. The molecule has 1 saturated heterocycles. The maximum atomic E-state index is 12.9. The topological polar surface area (TPSA) is 126 Å². The third-order valence-corrected chi connectivity index (χ3v) is 7.92. The highest BCUT2D eigenvalue weighted by Crippen LogP contribution is 2.43. The van der Waals surface area contributed by atoms with Crippen molar-refractivity contribution >= 4 is 45.8 Å². The SMILES string of the molecule is COc1cc(OC)c(Cl)c(-c2ccc3nc(NC4CC(CN(C)S(=O)O)N(C(=O)OC(C)(C)C)C4)ncc3c2)c1C. The van der Waals surface area contributed by atoms with Gasteiger partial charge in [-0.05, 0) is 51.8 Å². The highest BCUT2D eigenvalue weighted by atomic mass is 35.5. The molecule has 41 heavy (non-hydrogen) atoms. The number of likely N-dealkylation sites (tertiary alicyclic amines) is 1. The number of hydrogen-bond donors (Lipinski definition) is 2. The molecule has 11 nitrogen and oxygen atoms in total. The highest BCUT2D eigenvalue weighted by molar-refractivity contribution is 7.76. The first kappa shape index (κ1) is 30.8. The largest absolute Gasteiger partial charge is 0.496 e. The van der Waals surface area contributed by atoms with Crippen molar-refractivity contribution in [2.45, 2.75) is 51.8 Å². The lowest BCUT2D eigenvalue weighted by Gasteiger charge is -2.29. The van der Waals surface area contributed by atoms with Crippen molar-refractivity contribution < 1.29 is 27.8 Å². The van der Waals surface area contributed by atoms with Crippen LogP contribution in [0, 0.1) is 6.92 Å². The fraction of sp³-hybridized carbons (Fsp3) is 0.464. The van der Waals surface area contributed by atoms with Crippen LogP contribution in [-0.2, 0) is 16.0 Å². The van der Waals surface area contributed by atoms with Gasteiger partial charge in [-0.25, -0.2) is 23.3 Å². The van der Waals surface area contributed by atoms with E-state index in [1.54, 1.807) is 52.2 Å². The van der Waals surface area contributed by atoms with E-state index in [1.807, 2.05) is 25.1 Å². The maximum Gasteiger partial charge on any atom is 0.410 e. The van der Waals surface area contributed by atoms with Crippen LogP contribution in [0.2, 0.25) is 5.02 Å². The van der Waals surface area contributed by atoms with Crippen molar-refractivity contribution in [1.29, 1.82) is 0 Å². The molecule has 13 heteroatoms. The van der Waals surface area contributed by atoms with Crippen LogP contribution in [0.5, 0.6) is 11.5 Å². The van der Waals surface area contributed by atoms with E-state index in [2.05, 4.69) is 10.3 Å². The Morgan fingerprint density at radius 2 is 1.95 bits per heavy atom. The predicted molar refractivity (Wildman–Crippen MR) is 160 cm³/mol. The summed E-state index contributed by atoms with van der Waals surface area (Å²) < 4.78 is 38.9. The fourth-order valence-electron chi connectivity index (χ4n) is 4.95. The molecule has 1 aliphatic heterocycles. The molecule has 1 aliphatic rings. The first-order valence-electron chi connectivity index (χ1n) is 13.1. The van der Waals surface area contributed by atoms with E-state index in [-0.39, 0.29) is 18.6 Å². The summed E-state index contributed by atoms with van der Waals surface area (Å²) in [4.78, 5) is 23.7. The first-order chi connectivity index (χ1) is 19.3. The number of rotatable bonds is 8. The second-order valence-electron chi connectivity index (χ2n) is 11.0. The summed E-state index contributed by atoms with van der Waals surface area (Å²) in [5, 5.41) is 4.63. The van der Waals surface area contributed by atoms with E-state index in [4.69, 9.17) is 30.8 Å². The molecule has 1 amide bonds. The predicted octanol–water partition coefficient (Wildman–Crippen LogP) is 5.13. The molecule has 2 heterocycles. The summed E-state index contributed by atoms with van der Waals surface area (Å²) in [5.74, 6) is 1.60. The molecule has 0 aliphatic carbocycles. The van der Waals surface area contributed by atoms with E-state index in [1.165, 1.54) is 11.4 Å². The number of aromatic nitrogens is 2. The summed E-state index contributed by atoms with van der Waals surface area (Å²) in [6.07, 6.45) is 1.78.